The quantitative estimate of drug-likeness (QED) is 0.633. The van der Waals surface area contributed by atoms with Gasteiger partial charge < -0.3 is 10.1 Å². The van der Waals surface area contributed by atoms with E-state index in [0.29, 0.717) is 16.3 Å². The zero-order valence-electron chi connectivity index (χ0n) is 13.6. The molecular weight excluding hydrogens is 381 g/mol. The molecule has 0 atom stereocenters. The molecule has 0 bridgehead atoms. The summed E-state index contributed by atoms with van der Waals surface area (Å²) in [5.74, 6) is -0.890. The molecule has 4 nitrogen and oxygen atoms in total. The Morgan fingerprint density at radius 1 is 1.04 bits per heavy atom. The molecule has 1 N–H and O–H groups in total. The van der Waals surface area contributed by atoms with Gasteiger partial charge in [0.2, 0.25) is 0 Å². The summed E-state index contributed by atoms with van der Waals surface area (Å²) in [4.78, 5) is 16.5. The van der Waals surface area contributed by atoms with Gasteiger partial charge in [-0.1, -0.05) is 29.8 Å². The van der Waals surface area contributed by atoms with E-state index >= 15 is 0 Å². The third-order valence-corrected chi connectivity index (χ3v) is 3.81. The van der Waals surface area contributed by atoms with Crippen LogP contribution in [0.3, 0.4) is 0 Å². The number of alkyl halides is 3. The van der Waals surface area contributed by atoms with E-state index in [-0.39, 0.29) is 5.69 Å². The highest BCUT2D eigenvalue weighted by molar-refractivity contribution is 6.33. The van der Waals surface area contributed by atoms with E-state index in [0.717, 1.165) is 17.7 Å². The third-order valence-electron chi connectivity index (χ3n) is 3.50. The van der Waals surface area contributed by atoms with E-state index < -0.39 is 18.0 Å². The molecule has 0 saturated carbocycles. The summed E-state index contributed by atoms with van der Waals surface area (Å²) in [7, 11) is 0. The average molecular weight is 393 g/mol. The second kappa shape index (κ2) is 7.67. The Morgan fingerprint density at radius 2 is 1.78 bits per heavy atom. The SMILES string of the molecule is O=C(Nc1cccc(OC(F)(F)F)c1)c1ccc(-c2ncccc2Cl)cc1. The highest BCUT2D eigenvalue weighted by Crippen LogP contribution is 2.27. The van der Waals surface area contributed by atoms with Crippen molar-refractivity contribution < 1.29 is 22.7 Å². The van der Waals surface area contributed by atoms with Crippen LogP contribution in [0.2, 0.25) is 5.02 Å². The van der Waals surface area contributed by atoms with E-state index in [1.165, 1.54) is 12.1 Å². The normalized spacial score (nSPS) is 11.1. The van der Waals surface area contributed by atoms with E-state index in [4.69, 9.17) is 11.6 Å². The van der Waals surface area contributed by atoms with Crippen LogP contribution in [0.15, 0.2) is 66.9 Å². The average Bonchev–Trinajstić information content (AvgIpc) is 2.61. The number of hydrogen-bond donors (Lipinski definition) is 1. The lowest BCUT2D eigenvalue weighted by Crippen LogP contribution is -2.17. The number of carbonyl (C=O) groups is 1. The van der Waals surface area contributed by atoms with Gasteiger partial charge in [0.1, 0.15) is 5.75 Å². The van der Waals surface area contributed by atoms with Crippen molar-refractivity contribution in [3.8, 4) is 17.0 Å². The summed E-state index contributed by atoms with van der Waals surface area (Å²) in [6.07, 6.45) is -3.19. The molecule has 3 rings (SSSR count). The molecule has 8 heteroatoms. The van der Waals surface area contributed by atoms with Crippen molar-refractivity contribution in [3.63, 3.8) is 0 Å². The molecule has 1 amide bonds. The largest absolute Gasteiger partial charge is 0.573 e. The summed E-state index contributed by atoms with van der Waals surface area (Å²) in [5.41, 5.74) is 1.83. The standard InChI is InChI=1S/C19H12ClF3N2O2/c20-16-5-2-10-24-17(16)12-6-8-13(9-7-12)18(26)25-14-3-1-4-15(11-14)27-19(21,22)23/h1-11H,(H,25,26). The highest BCUT2D eigenvalue weighted by atomic mass is 35.5. The van der Waals surface area contributed by atoms with Gasteiger partial charge in [-0.25, -0.2) is 0 Å². The Hall–Kier alpha value is -3.06. The fourth-order valence-electron chi connectivity index (χ4n) is 2.35. The van der Waals surface area contributed by atoms with Gasteiger partial charge in [-0.05, 0) is 36.4 Å². The summed E-state index contributed by atoms with van der Waals surface area (Å²) >= 11 is 6.10. The topological polar surface area (TPSA) is 51.2 Å². The number of nitrogens with one attached hydrogen (secondary N) is 1. The van der Waals surface area contributed by atoms with Crippen molar-refractivity contribution in [2.75, 3.05) is 5.32 Å². The van der Waals surface area contributed by atoms with Gasteiger partial charge in [0, 0.05) is 29.1 Å². The fraction of sp³-hybridized carbons (Fsp3) is 0.0526. The van der Waals surface area contributed by atoms with Crippen molar-refractivity contribution in [1.29, 1.82) is 0 Å². The van der Waals surface area contributed by atoms with Gasteiger partial charge in [-0.15, -0.1) is 13.2 Å². The van der Waals surface area contributed by atoms with Crippen molar-refractivity contribution in [2.24, 2.45) is 0 Å². The summed E-state index contributed by atoms with van der Waals surface area (Å²) in [5, 5.41) is 3.01. The molecular formula is C19H12ClF3N2O2. The molecule has 1 aromatic heterocycles. The Labute approximate surface area is 157 Å². The maximum Gasteiger partial charge on any atom is 0.573 e. The lowest BCUT2D eigenvalue weighted by molar-refractivity contribution is -0.274. The number of rotatable bonds is 4. The highest BCUT2D eigenvalue weighted by Gasteiger charge is 2.31. The molecule has 138 valence electrons. The van der Waals surface area contributed by atoms with Crippen LogP contribution in [-0.2, 0) is 0 Å². The van der Waals surface area contributed by atoms with Crippen LogP contribution >= 0.6 is 11.6 Å². The summed E-state index contributed by atoms with van der Waals surface area (Å²) in [6, 6.07) is 15.0. The minimum Gasteiger partial charge on any atom is -0.406 e. The Balaban J connectivity index is 1.73. The maximum absolute atomic E-state index is 12.3. The molecule has 1 heterocycles. The van der Waals surface area contributed by atoms with Gasteiger partial charge >= 0.3 is 6.36 Å². The van der Waals surface area contributed by atoms with Gasteiger partial charge in [-0.2, -0.15) is 0 Å². The number of pyridine rings is 1. The smallest absolute Gasteiger partial charge is 0.406 e. The lowest BCUT2D eigenvalue weighted by Gasteiger charge is -2.11. The fourth-order valence-corrected chi connectivity index (χ4v) is 2.58. The first-order valence-electron chi connectivity index (χ1n) is 7.70. The second-order valence-electron chi connectivity index (χ2n) is 5.44. The first-order valence-corrected chi connectivity index (χ1v) is 8.08. The van der Waals surface area contributed by atoms with Crippen LogP contribution in [-0.4, -0.2) is 17.3 Å². The molecule has 2 aromatic carbocycles. The predicted molar refractivity (Wildman–Crippen MR) is 95.8 cm³/mol. The number of halogens is 4. The first kappa shape index (κ1) is 18.7. The van der Waals surface area contributed by atoms with Crippen LogP contribution in [0.5, 0.6) is 5.75 Å². The minimum atomic E-state index is -4.80. The lowest BCUT2D eigenvalue weighted by atomic mass is 10.1. The van der Waals surface area contributed by atoms with E-state index in [1.54, 1.807) is 42.6 Å². The maximum atomic E-state index is 12.3. The van der Waals surface area contributed by atoms with E-state index in [1.807, 2.05) is 0 Å². The zero-order valence-corrected chi connectivity index (χ0v) is 14.4. The van der Waals surface area contributed by atoms with Crippen LogP contribution in [0, 0.1) is 0 Å². The van der Waals surface area contributed by atoms with Crippen molar-refractivity contribution in [2.45, 2.75) is 6.36 Å². The van der Waals surface area contributed by atoms with Crippen LogP contribution in [0.4, 0.5) is 18.9 Å². The number of benzene rings is 2. The Morgan fingerprint density at radius 3 is 2.44 bits per heavy atom. The Bertz CT molecular complexity index is 960. The van der Waals surface area contributed by atoms with Crippen LogP contribution < -0.4 is 10.1 Å². The number of amides is 1. The molecule has 0 fully saturated rings. The molecule has 3 aromatic rings. The van der Waals surface area contributed by atoms with Gasteiger partial charge in [0.25, 0.3) is 5.91 Å². The van der Waals surface area contributed by atoms with E-state index in [9.17, 15) is 18.0 Å². The van der Waals surface area contributed by atoms with E-state index in [2.05, 4.69) is 15.0 Å². The summed E-state index contributed by atoms with van der Waals surface area (Å²) in [6.45, 7) is 0. The number of carbonyl (C=O) groups excluding carboxylic acids is 1. The van der Waals surface area contributed by atoms with Crippen molar-refractivity contribution in [1.82, 2.24) is 4.98 Å². The monoisotopic (exact) mass is 392 g/mol. The van der Waals surface area contributed by atoms with Crippen LogP contribution in [0.25, 0.3) is 11.3 Å². The molecule has 0 saturated heterocycles. The third kappa shape index (κ3) is 4.98. The number of ether oxygens (including phenoxy) is 1. The molecule has 0 aliphatic carbocycles. The molecule has 27 heavy (non-hydrogen) atoms. The Kier molecular flexibility index (Phi) is 5.32. The number of hydrogen-bond acceptors (Lipinski definition) is 3. The van der Waals surface area contributed by atoms with Gasteiger partial charge in [0.15, 0.2) is 0 Å². The van der Waals surface area contributed by atoms with Crippen molar-refractivity contribution in [3.05, 3.63) is 77.4 Å². The first-order chi connectivity index (χ1) is 12.8. The second-order valence-corrected chi connectivity index (χ2v) is 5.85. The molecule has 0 spiro atoms. The number of anilines is 1. The zero-order chi connectivity index (χ0) is 19.4. The molecule has 0 unspecified atom stereocenters. The minimum absolute atomic E-state index is 0.179. The predicted octanol–water partition coefficient (Wildman–Crippen LogP) is 5.55. The van der Waals surface area contributed by atoms with Gasteiger partial charge in [0.05, 0.1) is 10.7 Å². The van der Waals surface area contributed by atoms with Crippen LogP contribution in [0.1, 0.15) is 10.4 Å². The van der Waals surface area contributed by atoms with Gasteiger partial charge in [-0.3, -0.25) is 9.78 Å². The van der Waals surface area contributed by atoms with Crippen molar-refractivity contribution >= 4 is 23.2 Å². The summed E-state index contributed by atoms with van der Waals surface area (Å²) < 4.78 is 40.7. The molecule has 0 aliphatic heterocycles. The number of nitrogens with zero attached hydrogens (tertiary/aromatic N) is 1. The number of aromatic nitrogens is 1. The molecule has 0 aliphatic rings. The molecule has 0 radical (unpaired) electrons.